The molecule has 6 nitrogen and oxygen atoms in total. The average molecular weight is 370 g/mol. The van der Waals surface area contributed by atoms with Crippen molar-refractivity contribution < 1.29 is 14.3 Å². The lowest BCUT2D eigenvalue weighted by Gasteiger charge is -2.33. The highest BCUT2D eigenvalue weighted by atomic mass is 79.9. The number of hydrogen-bond donors (Lipinski definition) is 2. The number of imide groups is 1. The molecule has 1 aromatic carbocycles. The van der Waals surface area contributed by atoms with E-state index in [4.69, 9.17) is 4.74 Å². The second-order valence-corrected chi connectivity index (χ2v) is 6.00. The van der Waals surface area contributed by atoms with Crippen molar-refractivity contribution in [3.8, 4) is 0 Å². The summed E-state index contributed by atoms with van der Waals surface area (Å²) in [5.41, 5.74) is 1.13. The molecule has 0 spiro atoms. The number of rotatable bonds is 4. The number of halogens is 1. The van der Waals surface area contributed by atoms with E-state index in [1.165, 1.54) is 7.05 Å². The highest BCUT2D eigenvalue weighted by Crippen LogP contribution is 2.23. The van der Waals surface area contributed by atoms with Crippen LogP contribution < -0.4 is 10.6 Å². The van der Waals surface area contributed by atoms with Crippen LogP contribution >= 0.6 is 15.9 Å². The van der Waals surface area contributed by atoms with Crippen molar-refractivity contribution >= 4 is 27.9 Å². The van der Waals surface area contributed by atoms with Gasteiger partial charge in [-0.05, 0) is 17.7 Å². The van der Waals surface area contributed by atoms with E-state index in [2.05, 4.69) is 31.5 Å². The zero-order valence-electron chi connectivity index (χ0n) is 12.5. The van der Waals surface area contributed by atoms with Crippen molar-refractivity contribution in [1.29, 1.82) is 0 Å². The highest BCUT2D eigenvalue weighted by molar-refractivity contribution is 9.10. The Morgan fingerprint density at radius 1 is 1.36 bits per heavy atom. The number of amides is 3. The van der Waals surface area contributed by atoms with Gasteiger partial charge in [-0.1, -0.05) is 28.1 Å². The number of carbonyl (C=O) groups is 2. The van der Waals surface area contributed by atoms with Crippen LogP contribution in [-0.4, -0.2) is 50.1 Å². The van der Waals surface area contributed by atoms with Crippen LogP contribution in [0.3, 0.4) is 0 Å². The fourth-order valence-corrected chi connectivity index (χ4v) is 2.56. The van der Waals surface area contributed by atoms with Gasteiger partial charge < -0.3 is 10.1 Å². The van der Waals surface area contributed by atoms with Crippen LogP contribution in [0.25, 0.3) is 0 Å². The molecule has 0 aromatic heterocycles. The minimum absolute atomic E-state index is 0.0175. The molecule has 120 valence electrons. The third kappa shape index (κ3) is 5.08. The maximum Gasteiger partial charge on any atom is 0.321 e. The largest absolute Gasteiger partial charge is 0.371 e. The summed E-state index contributed by atoms with van der Waals surface area (Å²) in [6, 6.07) is 7.59. The summed E-state index contributed by atoms with van der Waals surface area (Å²) in [4.78, 5) is 24.8. The molecule has 1 aliphatic rings. The van der Waals surface area contributed by atoms with Gasteiger partial charge in [0.2, 0.25) is 5.91 Å². The first-order valence-corrected chi connectivity index (χ1v) is 7.99. The van der Waals surface area contributed by atoms with Gasteiger partial charge in [0, 0.05) is 37.6 Å². The molecule has 0 bridgehead atoms. The Balaban J connectivity index is 1.82. The van der Waals surface area contributed by atoms with E-state index in [1.807, 2.05) is 24.3 Å². The Morgan fingerprint density at radius 2 is 2.09 bits per heavy atom. The smallest absolute Gasteiger partial charge is 0.321 e. The van der Waals surface area contributed by atoms with Crippen LogP contribution in [0.1, 0.15) is 18.1 Å². The third-order valence-corrected chi connectivity index (χ3v) is 4.06. The molecule has 0 unspecified atom stereocenters. The molecule has 3 amide bonds. The van der Waals surface area contributed by atoms with Crippen LogP contribution in [0.4, 0.5) is 4.79 Å². The van der Waals surface area contributed by atoms with Gasteiger partial charge in [-0.2, -0.15) is 0 Å². The zero-order valence-corrected chi connectivity index (χ0v) is 14.1. The Kier molecular flexibility index (Phi) is 6.35. The minimum atomic E-state index is -0.472. The molecule has 1 atom stereocenters. The van der Waals surface area contributed by atoms with Crippen LogP contribution in [0, 0.1) is 0 Å². The van der Waals surface area contributed by atoms with Gasteiger partial charge in [0.25, 0.3) is 0 Å². The zero-order chi connectivity index (χ0) is 15.9. The Bertz CT molecular complexity index is 521. The van der Waals surface area contributed by atoms with Crippen molar-refractivity contribution in [2.24, 2.45) is 0 Å². The van der Waals surface area contributed by atoms with Crippen molar-refractivity contribution in [3.05, 3.63) is 34.3 Å². The topological polar surface area (TPSA) is 70.7 Å². The first kappa shape index (κ1) is 16.9. The summed E-state index contributed by atoms with van der Waals surface area (Å²) >= 11 is 3.42. The number of ether oxygens (including phenoxy) is 1. The number of hydrogen-bond acceptors (Lipinski definition) is 4. The van der Waals surface area contributed by atoms with E-state index in [0.29, 0.717) is 19.6 Å². The van der Waals surface area contributed by atoms with E-state index < -0.39 is 6.03 Å². The van der Waals surface area contributed by atoms with Gasteiger partial charge in [0.15, 0.2) is 0 Å². The molecule has 22 heavy (non-hydrogen) atoms. The van der Waals surface area contributed by atoms with Gasteiger partial charge in [-0.3, -0.25) is 15.0 Å². The fourth-order valence-electron chi connectivity index (χ4n) is 2.30. The Labute approximate surface area is 138 Å². The molecule has 1 fully saturated rings. The van der Waals surface area contributed by atoms with Crippen LogP contribution in [0.5, 0.6) is 0 Å². The summed E-state index contributed by atoms with van der Waals surface area (Å²) in [6.07, 6.45) is 0.310. The van der Waals surface area contributed by atoms with Crippen molar-refractivity contribution in [2.45, 2.75) is 12.5 Å². The molecule has 1 aliphatic heterocycles. The number of nitrogens with zero attached hydrogens (tertiary/aromatic N) is 1. The molecule has 1 aromatic rings. The number of nitrogens with one attached hydrogen (secondary N) is 2. The molecular weight excluding hydrogens is 350 g/mol. The van der Waals surface area contributed by atoms with E-state index in [-0.39, 0.29) is 12.0 Å². The van der Waals surface area contributed by atoms with Gasteiger partial charge >= 0.3 is 6.03 Å². The maximum atomic E-state index is 11.6. The third-order valence-electron chi connectivity index (χ3n) is 3.53. The summed E-state index contributed by atoms with van der Waals surface area (Å²) in [5.74, 6) is -0.272. The highest BCUT2D eigenvalue weighted by Gasteiger charge is 2.22. The van der Waals surface area contributed by atoms with Crippen LogP contribution in [0.2, 0.25) is 0 Å². The fraction of sp³-hybridized carbons (Fsp3) is 0.467. The summed E-state index contributed by atoms with van der Waals surface area (Å²) in [7, 11) is 1.48. The SMILES string of the molecule is CNC(=O)NC(=O)CCN1CCO[C@@H](c2ccc(Br)cc2)C1. The Morgan fingerprint density at radius 3 is 2.77 bits per heavy atom. The van der Waals surface area contributed by atoms with E-state index in [9.17, 15) is 9.59 Å². The summed E-state index contributed by atoms with van der Waals surface area (Å²) in [5, 5.41) is 4.62. The molecular formula is C15H20BrN3O3. The van der Waals surface area contributed by atoms with Crippen LogP contribution in [0.15, 0.2) is 28.7 Å². The van der Waals surface area contributed by atoms with E-state index >= 15 is 0 Å². The maximum absolute atomic E-state index is 11.6. The molecule has 2 N–H and O–H groups in total. The second-order valence-electron chi connectivity index (χ2n) is 5.09. The molecule has 1 saturated heterocycles. The molecule has 2 rings (SSSR count). The summed E-state index contributed by atoms with van der Waals surface area (Å²) < 4.78 is 6.84. The molecule has 0 saturated carbocycles. The number of morpholine rings is 1. The lowest BCUT2D eigenvalue weighted by molar-refractivity contribution is -0.120. The molecule has 1 heterocycles. The summed E-state index contributed by atoms with van der Waals surface area (Å²) in [6.45, 7) is 2.78. The Hall–Kier alpha value is -1.44. The molecule has 0 radical (unpaired) electrons. The number of carbonyl (C=O) groups excluding carboxylic acids is 2. The van der Waals surface area contributed by atoms with Crippen LogP contribution in [-0.2, 0) is 9.53 Å². The van der Waals surface area contributed by atoms with Gasteiger partial charge in [0.1, 0.15) is 0 Å². The average Bonchev–Trinajstić information content (AvgIpc) is 2.54. The van der Waals surface area contributed by atoms with Gasteiger partial charge in [0.05, 0.1) is 12.7 Å². The van der Waals surface area contributed by atoms with Gasteiger partial charge in [-0.25, -0.2) is 4.79 Å². The monoisotopic (exact) mass is 369 g/mol. The first-order chi connectivity index (χ1) is 10.6. The quantitative estimate of drug-likeness (QED) is 0.846. The minimum Gasteiger partial charge on any atom is -0.371 e. The van der Waals surface area contributed by atoms with E-state index in [0.717, 1.165) is 23.1 Å². The van der Waals surface area contributed by atoms with Gasteiger partial charge in [-0.15, -0.1) is 0 Å². The lowest BCUT2D eigenvalue weighted by atomic mass is 10.1. The van der Waals surface area contributed by atoms with Crippen molar-refractivity contribution in [1.82, 2.24) is 15.5 Å². The van der Waals surface area contributed by atoms with E-state index in [1.54, 1.807) is 0 Å². The van der Waals surface area contributed by atoms with Crippen molar-refractivity contribution in [3.63, 3.8) is 0 Å². The normalized spacial score (nSPS) is 18.7. The second kappa shape index (κ2) is 8.26. The molecule has 0 aliphatic carbocycles. The lowest BCUT2D eigenvalue weighted by Crippen LogP contribution is -2.42. The number of benzene rings is 1. The van der Waals surface area contributed by atoms with Crippen molar-refractivity contribution in [2.75, 3.05) is 33.3 Å². The number of urea groups is 1. The standard InChI is InChI=1S/C15H20BrN3O3/c1-17-15(21)18-14(20)6-7-19-8-9-22-13(10-19)11-2-4-12(16)5-3-11/h2-5,13H,6-10H2,1H3,(H2,17,18,20,21)/t13-/m1/s1. The molecule has 7 heteroatoms. The first-order valence-electron chi connectivity index (χ1n) is 7.19. The predicted octanol–water partition coefficient (Wildman–Crippen LogP) is 1.67. The predicted molar refractivity (Wildman–Crippen MR) is 86.5 cm³/mol.